The highest BCUT2D eigenvalue weighted by Crippen LogP contribution is 2.26. The Labute approximate surface area is 118 Å². The number of benzene rings is 2. The first-order valence-corrected chi connectivity index (χ1v) is 7.04. The quantitative estimate of drug-likeness (QED) is 0.756. The van der Waals surface area contributed by atoms with E-state index in [1.54, 1.807) is 0 Å². The Morgan fingerprint density at radius 1 is 1.05 bits per heavy atom. The number of fused-ring (bicyclic) bond motifs is 1. The molecule has 20 heavy (non-hydrogen) atoms. The molecule has 1 aromatic heterocycles. The minimum absolute atomic E-state index is 0.677. The molecule has 0 unspecified atom stereocenters. The molecule has 0 amide bonds. The second-order valence-electron chi connectivity index (χ2n) is 4.78. The fraction of sp³-hybridized carbons (Fsp3) is 0.235. The maximum Gasteiger partial charge on any atom is 0.227 e. The lowest BCUT2D eigenvalue weighted by Crippen LogP contribution is -1.95. The third kappa shape index (κ3) is 2.39. The summed E-state index contributed by atoms with van der Waals surface area (Å²) in [7, 11) is 0. The van der Waals surface area contributed by atoms with Crippen LogP contribution in [0.1, 0.15) is 19.4 Å². The Bertz CT molecular complexity index is 713. The molecule has 0 atom stereocenters. The average Bonchev–Trinajstić information content (AvgIpc) is 2.91. The van der Waals surface area contributed by atoms with Crippen molar-refractivity contribution >= 4 is 16.8 Å². The molecule has 2 aromatic carbocycles. The second-order valence-corrected chi connectivity index (χ2v) is 4.78. The summed E-state index contributed by atoms with van der Waals surface area (Å²) in [6.45, 7) is 5.12. The Hall–Kier alpha value is -2.29. The van der Waals surface area contributed by atoms with Crippen LogP contribution in [0.25, 0.3) is 22.6 Å². The van der Waals surface area contributed by atoms with Crippen LogP contribution in [0.15, 0.2) is 46.9 Å². The highest BCUT2D eigenvalue weighted by atomic mass is 16.3. The van der Waals surface area contributed by atoms with E-state index in [2.05, 4.69) is 48.4 Å². The first kappa shape index (κ1) is 12.7. The number of nitrogens with one attached hydrogen (secondary N) is 1. The molecule has 3 rings (SSSR count). The van der Waals surface area contributed by atoms with Gasteiger partial charge in [-0.25, -0.2) is 4.98 Å². The zero-order valence-corrected chi connectivity index (χ0v) is 11.8. The topological polar surface area (TPSA) is 38.1 Å². The second kappa shape index (κ2) is 5.37. The Morgan fingerprint density at radius 2 is 1.85 bits per heavy atom. The van der Waals surface area contributed by atoms with Gasteiger partial charge in [0.1, 0.15) is 5.52 Å². The maximum absolute atomic E-state index is 5.82. The van der Waals surface area contributed by atoms with E-state index in [0.29, 0.717) is 5.89 Å². The smallest absolute Gasteiger partial charge is 0.227 e. The molecule has 0 bridgehead atoms. The predicted molar refractivity (Wildman–Crippen MR) is 83.0 cm³/mol. The van der Waals surface area contributed by atoms with E-state index in [1.165, 1.54) is 5.56 Å². The highest BCUT2D eigenvalue weighted by molar-refractivity contribution is 5.80. The van der Waals surface area contributed by atoms with Crippen LogP contribution in [0.5, 0.6) is 0 Å². The first-order chi connectivity index (χ1) is 9.80. The Kier molecular flexibility index (Phi) is 3.42. The van der Waals surface area contributed by atoms with E-state index in [1.807, 2.05) is 18.2 Å². The maximum atomic E-state index is 5.82. The van der Waals surface area contributed by atoms with E-state index < -0.39 is 0 Å². The highest BCUT2D eigenvalue weighted by Gasteiger charge is 2.08. The lowest BCUT2D eigenvalue weighted by molar-refractivity contribution is 0.620. The molecule has 1 heterocycles. The van der Waals surface area contributed by atoms with Gasteiger partial charge in [-0.1, -0.05) is 19.1 Å². The number of hydrogen-bond donors (Lipinski definition) is 1. The number of anilines is 1. The molecule has 0 saturated carbocycles. The predicted octanol–water partition coefficient (Wildman–Crippen LogP) is 4.49. The van der Waals surface area contributed by atoms with Crippen molar-refractivity contribution in [1.82, 2.24) is 4.98 Å². The molecule has 102 valence electrons. The van der Waals surface area contributed by atoms with Crippen molar-refractivity contribution in [3.8, 4) is 11.5 Å². The molecule has 0 aliphatic heterocycles. The molecule has 0 aliphatic rings. The van der Waals surface area contributed by atoms with Crippen molar-refractivity contribution in [2.75, 3.05) is 11.9 Å². The summed E-state index contributed by atoms with van der Waals surface area (Å²) >= 11 is 0. The monoisotopic (exact) mass is 266 g/mol. The van der Waals surface area contributed by atoms with Crippen LogP contribution in [-0.2, 0) is 6.42 Å². The molecule has 0 fully saturated rings. The van der Waals surface area contributed by atoms with Crippen LogP contribution in [0.4, 0.5) is 5.69 Å². The largest absolute Gasteiger partial charge is 0.436 e. The lowest BCUT2D eigenvalue weighted by atomic mass is 10.1. The van der Waals surface area contributed by atoms with Crippen LogP contribution >= 0.6 is 0 Å². The van der Waals surface area contributed by atoms with E-state index in [4.69, 9.17) is 4.42 Å². The summed E-state index contributed by atoms with van der Waals surface area (Å²) < 4.78 is 5.82. The lowest BCUT2D eigenvalue weighted by Gasteiger charge is -2.00. The van der Waals surface area contributed by atoms with Crippen LogP contribution in [0.2, 0.25) is 0 Å². The zero-order chi connectivity index (χ0) is 13.9. The van der Waals surface area contributed by atoms with E-state index in [-0.39, 0.29) is 0 Å². The molecule has 0 saturated heterocycles. The minimum atomic E-state index is 0.677. The standard InChI is InChI=1S/C17H18N2O/c1-3-12-5-7-13(8-6-12)17-19-15-11-14(18-4-2)9-10-16(15)20-17/h5-11,18H,3-4H2,1-2H3. The van der Waals surface area contributed by atoms with Gasteiger partial charge in [0, 0.05) is 17.8 Å². The number of aromatic nitrogens is 1. The molecule has 1 N–H and O–H groups in total. The number of hydrogen-bond acceptors (Lipinski definition) is 3. The van der Waals surface area contributed by atoms with Crippen molar-refractivity contribution in [2.45, 2.75) is 20.3 Å². The summed E-state index contributed by atoms with van der Waals surface area (Å²) in [5.41, 5.74) is 5.11. The SMILES string of the molecule is CCNc1ccc2oc(-c3ccc(CC)cc3)nc2c1. The molecule has 3 aromatic rings. The van der Waals surface area contributed by atoms with Gasteiger partial charge in [0.15, 0.2) is 5.58 Å². The van der Waals surface area contributed by atoms with Crippen molar-refractivity contribution in [1.29, 1.82) is 0 Å². The third-order valence-electron chi connectivity index (χ3n) is 3.38. The normalized spacial score (nSPS) is 10.9. The van der Waals surface area contributed by atoms with E-state index >= 15 is 0 Å². The summed E-state index contributed by atoms with van der Waals surface area (Å²) in [6, 6.07) is 14.4. The van der Waals surface area contributed by atoms with Gasteiger partial charge in [-0.15, -0.1) is 0 Å². The van der Waals surface area contributed by atoms with Gasteiger partial charge in [0.2, 0.25) is 5.89 Å². The molecule has 0 aliphatic carbocycles. The average molecular weight is 266 g/mol. The molecule has 0 radical (unpaired) electrons. The summed E-state index contributed by atoms with van der Waals surface area (Å²) in [4.78, 5) is 4.57. The van der Waals surface area contributed by atoms with Crippen molar-refractivity contribution in [3.63, 3.8) is 0 Å². The fourth-order valence-electron chi connectivity index (χ4n) is 2.25. The summed E-state index contributed by atoms with van der Waals surface area (Å²) in [5.74, 6) is 0.677. The number of nitrogens with zero attached hydrogens (tertiary/aromatic N) is 1. The van der Waals surface area contributed by atoms with Crippen LogP contribution in [0, 0.1) is 0 Å². The van der Waals surface area contributed by atoms with Crippen LogP contribution in [-0.4, -0.2) is 11.5 Å². The van der Waals surface area contributed by atoms with E-state index in [0.717, 1.165) is 35.3 Å². The van der Waals surface area contributed by atoms with Gasteiger partial charge in [-0.05, 0) is 49.2 Å². The summed E-state index contributed by atoms with van der Waals surface area (Å²) in [5, 5.41) is 3.28. The molecular formula is C17H18N2O. The molecule has 3 heteroatoms. The Morgan fingerprint density at radius 3 is 2.55 bits per heavy atom. The summed E-state index contributed by atoms with van der Waals surface area (Å²) in [6.07, 6.45) is 1.04. The fourth-order valence-corrected chi connectivity index (χ4v) is 2.25. The third-order valence-corrected chi connectivity index (χ3v) is 3.38. The van der Waals surface area contributed by atoms with Crippen LogP contribution < -0.4 is 5.32 Å². The number of rotatable bonds is 4. The minimum Gasteiger partial charge on any atom is -0.436 e. The molecule has 3 nitrogen and oxygen atoms in total. The molecular weight excluding hydrogens is 248 g/mol. The first-order valence-electron chi connectivity index (χ1n) is 7.04. The van der Waals surface area contributed by atoms with E-state index in [9.17, 15) is 0 Å². The van der Waals surface area contributed by atoms with Crippen molar-refractivity contribution < 1.29 is 4.42 Å². The van der Waals surface area contributed by atoms with Crippen molar-refractivity contribution in [3.05, 3.63) is 48.0 Å². The van der Waals surface area contributed by atoms with Crippen LogP contribution in [0.3, 0.4) is 0 Å². The van der Waals surface area contributed by atoms with Gasteiger partial charge in [0.05, 0.1) is 0 Å². The number of aryl methyl sites for hydroxylation is 1. The van der Waals surface area contributed by atoms with Gasteiger partial charge in [-0.2, -0.15) is 0 Å². The molecule has 0 spiro atoms. The zero-order valence-electron chi connectivity index (χ0n) is 11.8. The number of oxazole rings is 1. The van der Waals surface area contributed by atoms with Gasteiger partial charge < -0.3 is 9.73 Å². The Balaban J connectivity index is 1.98. The van der Waals surface area contributed by atoms with Gasteiger partial charge >= 0.3 is 0 Å². The van der Waals surface area contributed by atoms with Gasteiger partial charge in [0.25, 0.3) is 0 Å². The van der Waals surface area contributed by atoms with Crippen molar-refractivity contribution in [2.24, 2.45) is 0 Å². The van der Waals surface area contributed by atoms with Gasteiger partial charge in [-0.3, -0.25) is 0 Å².